The molecule has 3 saturated heterocycles. The van der Waals surface area contributed by atoms with E-state index < -0.39 is 8.32 Å². The van der Waals surface area contributed by atoms with E-state index in [9.17, 15) is 23.5 Å². The van der Waals surface area contributed by atoms with Gasteiger partial charge < -0.3 is 33.9 Å². The van der Waals surface area contributed by atoms with Gasteiger partial charge in [0.2, 0.25) is 0 Å². The number of hydrogen-bond acceptors (Lipinski definition) is 11. The predicted octanol–water partition coefficient (Wildman–Crippen LogP) is 8.03. The van der Waals surface area contributed by atoms with Gasteiger partial charge >= 0.3 is 12.1 Å². The molecule has 61 heavy (non-hydrogen) atoms. The van der Waals surface area contributed by atoms with Crippen molar-refractivity contribution in [3.63, 3.8) is 0 Å². The monoisotopic (exact) mass is 884 g/mol. The fourth-order valence-corrected chi connectivity index (χ4v) is 7.14. The Kier molecular flexibility index (Phi) is 18.3. The summed E-state index contributed by atoms with van der Waals surface area (Å²) in [6.07, 6.45) is 9.51. The van der Waals surface area contributed by atoms with Gasteiger partial charge in [-0.3, -0.25) is 10.6 Å². The number of carbonyl (C=O) groups excluding carboxylic acids is 2. The number of pyridine rings is 4. The van der Waals surface area contributed by atoms with Crippen molar-refractivity contribution in [2.75, 3.05) is 86.0 Å². The minimum absolute atomic E-state index is 0. The van der Waals surface area contributed by atoms with E-state index in [0.717, 1.165) is 50.7 Å². The van der Waals surface area contributed by atoms with Crippen LogP contribution in [-0.4, -0.2) is 121 Å². The molecule has 3 aliphatic rings. The van der Waals surface area contributed by atoms with E-state index in [0.29, 0.717) is 56.7 Å². The van der Waals surface area contributed by atoms with Crippen molar-refractivity contribution in [1.29, 1.82) is 0 Å². The van der Waals surface area contributed by atoms with Gasteiger partial charge in [0.15, 0.2) is 0 Å². The van der Waals surface area contributed by atoms with Crippen molar-refractivity contribution in [2.24, 2.45) is 0 Å². The highest BCUT2D eigenvalue weighted by atomic mass is 35.5. The van der Waals surface area contributed by atoms with Crippen LogP contribution in [0.3, 0.4) is 0 Å². The number of urea groups is 2. The molecule has 4 aromatic rings. The van der Waals surface area contributed by atoms with Crippen molar-refractivity contribution >= 4 is 56.1 Å². The minimum atomic E-state index is -1.93. The van der Waals surface area contributed by atoms with Crippen LogP contribution in [0.2, 0.25) is 18.1 Å². The summed E-state index contributed by atoms with van der Waals surface area (Å²) in [5.74, 6) is 2.37. The number of rotatable bonds is 6. The van der Waals surface area contributed by atoms with E-state index in [2.05, 4.69) is 69.3 Å². The topological polar surface area (TPSA) is 161 Å². The van der Waals surface area contributed by atoms with Crippen molar-refractivity contribution in [2.45, 2.75) is 64.6 Å². The summed E-state index contributed by atoms with van der Waals surface area (Å²) >= 11 is 0. The van der Waals surface area contributed by atoms with Crippen LogP contribution in [0.5, 0.6) is 11.5 Å². The number of aromatic hydroxyl groups is 1. The molecule has 332 valence electrons. The molecule has 0 bridgehead atoms. The molecule has 15 nitrogen and oxygen atoms in total. The first-order valence-corrected chi connectivity index (χ1v) is 23.3. The number of carbonyl (C=O) groups is 2. The van der Waals surface area contributed by atoms with E-state index in [1.165, 1.54) is 49.6 Å². The summed E-state index contributed by atoms with van der Waals surface area (Å²) in [5, 5.41) is 14.9. The lowest BCUT2D eigenvalue weighted by Crippen LogP contribution is -2.43. The van der Waals surface area contributed by atoms with Crippen molar-refractivity contribution in [3.8, 4) is 11.5 Å². The molecule has 0 spiro atoms. The molecule has 4 amide bonds. The maximum absolute atomic E-state index is 13.1. The van der Waals surface area contributed by atoms with Crippen LogP contribution in [-0.2, 0) is 4.74 Å². The van der Waals surface area contributed by atoms with Crippen LogP contribution < -0.4 is 24.9 Å². The number of amides is 4. The quantitative estimate of drug-likeness (QED) is 0.161. The Morgan fingerprint density at radius 1 is 0.656 bits per heavy atom. The third kappa shape index (κ3) is 15.3. The first-order valence-electron chi connectivity index (χ1n) is 20.4. The van der Waals surface area contributed by atoms with Gasteiger partial charge in [0.25, 0.3) is 8.32 Å². The molecule has 0 unspecified atom stereocenters. The SMILES string of the molecule is C1CCOC1.CC(C)(C)[Si](C)(C)Oc1ccc(NC(=O)N2CCCN(c3ccc(F)cn3)CC2)nc1.Cl.O=C(Nc1ccc(O)cn1)N1CCCN(c2ccc(F)cn2)CC1. The standard InChI is InChI=1S/C22H32FN5O2Si.C16H18FN5O2.C4H8O.ClH/c1-22(2,3)31(4,5)30-18-8-9-19(24-16-18)26-21(29)28-12-6-11-27(13-14-28)20-10-7-17(23)15-25-20;17-12-2-5-15(19-10-12)21-6-1-7-22(9-8-21)16(24)20-14-4-3-13(23)11-18-14;1-2-4-5-3-1;/h7-10,15-16H,6,11-14H2,1-5H3,(H,24,26,29);2-5,10-11,23H,1,6-9H2,(H,18,20,24);1-4H2;1H. The van der Waals surface area contributed by atoms with Crippen LogP contribution in [0.25, 0.3) is 0 Å². The second kappa shape index (κ2) is 23.0. The Balaban J connectivity index is 0.000000242. The lowest BCUT2D eigenvalue weighted by Gasteiger charge is -2.36. The number of nitrogens with one attached hydrogen (secondary N) is 2. The summed E-state index contributed by atoms with van der Waals surface area (Å²) in [6.45, 7) is 18.0. The Morgan fingerprint density at radius 3 is 1.52 bits per heavy atom. The van der Waals surface area contributed by atoms with E-state index in [1.54, 1.807) is 40.3 Å². The largest absolute Gasteiger partial charge is 0.542 e. The molecule has 0 atom stereocenters. The fourth-order valence-electron chi connectivity index (χ4n) is 6.12. The summed E-state index contributed by atoms with van der Waals surface area (Å²) in [5.41, 5.74) is 0. The predicted molar refractivity (Wildman–Crippen MR) is 238 cm³/mol. The molecule has 3 fully saturated rings. The molecule has 3 N–H and O–H groups in total. The zero-order chi connectivity index (χ0) is 43.1. The smallest absolute Gasteiger partial charge is 0.323 e. The first kappa shape index (κ1) is 48.3. The number of nitrogens with zero attached hydrogens (tertiary/aromatic N) is 8. The maximum atomic E-state index is 13.1. The van der Waals surface area contributed by atoms with Crippen LogP contribution >= 0.6 is 12.4 Å². The van der Waals surface area contributed by atoms with E-state index >= 15 is 0 Å². The third-order valence-corrected chi connectivity index (χ3v) is 15.0. The van der Waals surface area contributed by atoms with Crippen molar-refractivity contribution in [1.82, 2.24) is 29.7 Å². The average Bonchev–Trinajstić information content (AvgIpc) is 3.59. The first-order chi connectivity index (χ1) is 28.7. The van der Waals surface area contributed by atoms with E-state index in [4.69, 9.17) is 9.16 Å². The molecular weight excluding hydrogens is 826 g/mol. The molecular formula is C42H59ClF2N10O5Si. The Morgan fingerprint density at radius 2 is 1.15 bits per heavy atom. The molecule has 0 aliphatic carbocycles. The van der Waals surface area contributed by atoms with E-state index in [1.807, 2.05) is 11.0 Å². The van der Waals surface area contributed by atoms with Crippen molar-refractivity contribution < 1.29 is 32.6 Å². The summed E-state index contributed by atoms with van der Waals surface area (Å²) in [7, 11) is -1.93. The lowest BCUT2D eigenvalue weighted by atomic mass is 10.2. The Bertz CT molecular complexity index is 1940. The zero-order valence-electron chi connectivity index (χ0n) is 35.6. The average molecular weight is 886 g/mol. The van der Waals surface area contributed by atoms with Crippen LogP contribution in [0.15, 0.2) is 73.3 Å². The van der Waals surface area contributed by atoms with Gasteiger partial charge in [-0.2, -0.15) is 0 Å². The minimum Gasteiger partial charge on any atom is -0.542 e. The molecule has 7 rings (SSSR count). The number of hydrogen-bond donors (Lipinski definition) is 3. The molecule has 4 aromatic heterocycles. The summed E-state index contributed by atoms with van der Waals surface area (Å²) in [6, 6.07) is 12.3. The summed E-state index contributed by atoms with van der Waals surface area (Å²) < 4.78 is 37.3. The molecule has 0 saturated carbocycles. The number of ether oxygens (including phenoxy) is 1. The van der Waals surface area contributed by atoms with Crippen LogP contribution in [0.1, 0.15) is 46.5 Å². The highest BCUT2D eigenvalue weighted by Gasteiger charge is 2.39. The highest BCUT2D eigenvalue weighted by Crippen LogP contribution is 2.37. The maximum Gasteiger partial charge on any atom is 0.323 e. The van der Waals surface area contributed by atoms with Gasteiger partial charge in [-0.1, -0.05) is 20.8 Å². The molecule has 0 radical (unpaired) electrons. The molecule has 19 heteroatoms. The normalized spacial score (nSPS) is 15.7. The molecule has 0 aromatic carbocycles. The number of aromatic nitrogens is 4. The second-order valence-electron chi connectivity index (χ2n) is 16.1. The van der Waals surface area contributed by atoms with E-state index in [-0.39, 0.29) is 46.9 Å². The zero-order valence-corrected chi connectivity index (χ0v) is 37.5. The Labute approximate surface area is 364 Å². The molecule has 7 heterocycles. The van der Waals surface area contributed by atoms with Crippen molar-refractivity contribution in [3.05, 3.63) is 85.0 Å². The number of halogens is 3. The van der Waals surface area contributed by atoms with Gasteiger partial charge in [-0.25, -0.2) is 38.3 Å². The highest BCUT2D eigenvalue weighted by molar-refractivity contribution is 6.74. The second-order valence-corrected chi connectivity index (χ2v) is 20.9. The van der Waals surface area contributed by atoms with Gasteiger partial charge in [0.05, 0.1) is 24.8 Å². The lowest BCUT2D eigenvalue weighted by molar-refractivity contribution is 0.198. The van der Waals surface area contributed by atoms with Crippen LogP contribution in [0.4, 0.5) is 41.6 Å². The van der Waals surface area contributed by atoms with Gasteiger partial charge in [0, 0.05) is 65.6 Å². The van der Waals surface area contributed by atoms with Gasteiger partial charge in [-0.15, -0.1) is 12.4 Å². The summed E-state index contributed by atoms with van der Waals surface area (Å²) in [4.78, 5) is 49.1. The van der Waals surface area contributed by atoms with Gasteiger partial charge in [0.1, 0.15) is 46.4 Å². The fraction of sp³-hybridized carbons (Fsp3) is 0.476. The van der Waals surface area contributed by atoms with Crippen LogP contribution in [0, 0.1) is 11.6 Å². The Hall–Kier alpha value is -5.33. The third-order valence-electron chi connectivity index (χ3n) is 10.6. The van der Waals surface area contributed by atoms with Gasteiger partial charge in [-0.05, 0) is 92.3 Å². The number of anilines is 4. The molecule has 3 aliphatic heterocycles.